The van der Waals surface area contributed by atoms with Crippen molar-refractivity contribution >= 4 is 5.52 Å². The van der Waals surface area contributed by atoms with E-state index in [4.69, 9.17) is 0 Å². The highest BCUT2D eigenvalue weighted by molar-refractivity contribution is 5.65. The van der Waals surface area contributed by atoms with Crippen LogP contribution in [-0.2, 0) is 6.18 Å². The molecule has 0 bridgehead atoms. The first-order valence-corrected chi connectivity index (χ1v) is 7.94. The number of ether oxygens (including phenoxy) is 1. The van der Waals surface area contributed by atoms with Crippen LogP contribution in [0.5, 0.6) is 5.88 Å². The zero-order valence-electron chi connectivity index (χ0n) is 14.6. The second kappa shape index (κ2) is 8.03. The maximum Gasteiger partial charge on any atom is 0.450 e. The Labute approximate surface area is 154 Å². The zero-order chi connectivity index (χ0) is 21.1. The summed E-state index contributed by atoms with van der Waals surface area (Å²) in [4.78, 5) is 6.75. The Balaban J connectivity index is 0.00000136. The molecule has 3 aromatic heterocycles. The van der Waals surface area contributed by atoms with Crippen LogP contribution in [-0.4, -0.2) is 27.2 Å². The highest BCUT2D eigenvalue weighted by Crippen LogP contribution is 2.31. The third kappa shape index (κ3) is 4.90. The van der Waals surface area contributed by atoms with Crippen molar-refractivity contribution in [3.8, 4) is 17.0 Å². The Morgan fingerprint density at radius 2 is 1.64 bits per heavy atom. The quantitative estimate of drug-likeness (QED) is 0.535. The summed E-state index contributed by atoms with van der Waals surface area (Å²) in [6.07, 6.45) is -6.24. The van der Waals surface area contributed by atoms with Crippen LogP contribution >= 0.6 is 0 Å². The molecule has 4 nitrogen and oxygen atoms in total. The lowest BCUT2D eigenvalue weighted by atomic mass is 10.1. The lowest BCUT2D eigenvalue weighted by Gasteiger charge is -2.10. The second-order valence-electron chi connectivity index (χ2n) is 5.21. The highest BCUT2D eigenvalue weighted by atomic mass is 19.4. The number of alkyl halides is 6. The SMILES string of the molecule is CC.Fc1cc(-c2ccc3cnc(C(F)(F)F)n3c2)cnc1OCC(F)(F)F. The fourth-order valence-corrected chi connectivity index (χ4v) is 2.21. The molecule has 0 aliphatic carbocycles. The van der Waals surface area contributed by atoms with Crippen LogP contribution in [0.1, 0.15) is 19.7 Å². The predicted molar refractivity (Wildman–Crippen MR) is 86.3 cm³/mol. The van der Waals surface area contributed by atoms with E-state index in [0.717, 1.165) is 29.1 Å². The van der Waals surface area contributed by atoms with E-state index in [2.05, 4.69) is 14.7 Å². The number of pyridine rings is 2. The summed E-state index contributed by atoms with van der Waals surface area (Å²) in [5.41, 5.74) is 0.389. The van der Waals surface area contributed by atoms with Crippen LogP contribution in [0.25, 0.3) is 16.6 Å². The summed E-state index contributed by atoms with van der Waals surface area (Å²) < 4.78 is 93.9. The van der Waals surface area contributed by atoms with Crippen molar-refractivity contribution in [2.24, 2.45) is 0 Å². The van der Waals surface area contributed by atoms with Gasteiger partial charge >= 0.3 is 12.4 Å². The average molecular weight is 409 g/mol. The molecule has 11 heteroatoms. The summed E-state index contributed by atoms with van der Waals surface area (Å²) in [6.45, 7) is 2.28. The van der Waals surface area contributed by atoms with E-state index in [9.17, 15) is 30.7 Å². The Morgan fingerprint density at radius 1 is 0.964 bits per heavy atom. The Kier molecular flexibility index (Phi) is 6.15. The van der Waals surface area contributed by atoms with Crippen molar-refractivity contribution in [2.75, 3.05) is 6.61 Å². The number of fused-ring (bicyclic) bond motifs is 1. The number of hydrogen-bond acceptors (Lipinski definition) is 3. The molecule has 0 aromatic carbocycles. The summed E-state index contributed by atoms with van der Waals surface area (Å²) >= 11 is 0. The molecular formula is C17H14F7N3O. The van der Waals surface area contributed by atoms with E-state index in [-0.39, 0.29) is 16.6 Å². The van der Waals surface area contributed by atoms with Crippen LogP contribution in [0.3, 0.4) is 0 Å². The second-order valence-corrected chi connectivity index (χ2v) is 5.21. The third-order valence-electron chi connectivity index (χ3n) is 3.29. The number of imidazole rings is 1. The molecule has 28 heavy (non-hydrogen) atoms. The molecule has 0 amide bonds. The molecule has 3 aromatic rings. The van der Waals surface area contributed by atoms with Gasteiger partial charge in [0.1, 0.15) is 0 Å². The molecule has 0 fully saturated rings. The van der Waals surface area contributed by atoms with E-state index in [1.807, 2.05) is 13.8 Å². The van der Waals surface area contributed by atoms with Crippen LogP contribution in [0, 0.1) is 5.82 Å². The van der Waals surface area contributed by atoms with Crippen LogP contribution < -0.4 is 4.74 Å². The average Bonchev–Trinajstić information content (AvgIpc) is 3.05. The van der Waals surface area contributed by atoms with E-state index < -0.39 is 36.5 Å². The van der Waals surface area contributed by atoms with Gasteiger partial charge in [0.25, 0.3) is 5.88 Å². The molecule has 0 atom stereocenters. The van der Waals surface area contributed by atoms with Crippen LogP contribution in [0.2, 0.25) is 0 Å². The molecule has 0 aliphatic heterocycles. The van der Waals surface area contributed by atoms with Crippen molar-refractivity contribution in [1.29, 1.82) is 0 Å². The van der Waals surface area contributed by atoms with Gasteiger partial charge in [-0.05, 0) is 12.1 Å². The normalized spacial score (nSPS) is 11.9. The van der Waals surface area contributed by atoms with E-state index >= 15 is 0 Å². The number of rotatable bonds is 3. The van der Waals surface area contributed by atoms with Gasteiger partial charge in [-0.1, -0.05) is 19.9 Å². The van der Waals surface area contributed by atoms with Crippen LogP contribution in [0.15, 0.2) is 36.8 Å². The lowest BCUT2D eigenvalue weighted by Crippen LogP contribution is -2.20. The van der Waals surface area contributed by atoms with Gasteiger partial charge in [-0.3, -0.25) is 4.40 Å². The smallest absolute Gasteiger partial charge is 0.450 e. The first kappa shape index (κ1) is 21.5. The van der Waals surface area contributed by atoms with E-state index in [1.165, 1.54) is 12.1 Å². The standard InChI is InChI=1S/C15H8F7N3O.C2H6/c16-11-3-9(4-23-12(11)26-7-14(17,18)19)8-1-2-10-5-24-13(15(20,21)22)25(10)6-8;1-2/h1-6H,7H2;1-2H3. The van der Waals surface area contributed by atoms with Crippen molar-refractivity contribution < 1.29 is 35.5 Å². The van der Waals surface area contributed by atoms with Crippen molar-refractivity contribution in [3.05, 3.63) is 48.4 Å². The Hall–Kier alpha value is -2.85. The number of aromatic nitrogens is 3. The maximum absolute atomic E-state index is 13.9. The van der Waals surface area contributed by atoms with Gasteiger partial charge in [0.2, 0.25) is 5.82 Å². The van der Waals surface area contributed by atoms with E-state index in [0.29, 0.717) is 0 Å². The van der Waals surface area contributed by atoms with Gasteiger partial charge < -0.3 is 4.74 Å². The molecular weight excluding hydrogens is 395 g/mol. The summed E-state index contributed by atoms with van der Waals surface area (Å²) in [7, 11) is 0. The van der Waals surface area contributed by atoms with E-state index in [1.54, 1.807) is 0 Å². The van der Waals surface area contributed by atoms with Gasteiger partial charge in [0.05, 0.1) is 11.7 Å². The molecule has 0 aliphatic rings. The van der Waals surface area contributed by atoms with Crippen LogP contribution in [0.4, 0.5) is 30.7 Å². The molecule has 3 heterocycles. The minimum absolute atomic E-state index is 0.0607. The third-order valence-corrected chi connectivity index (χ3v) is 3.29. The number of hydrogen-bond donors (Lipinski definition) is 0. The maximum atomic E-state index is 13.9. The summed E-state index contributed by atoms with van der Waals surface area (Å²) in [6, 6.07) is 3.57. The fraction of sp³-hybridized carbons (Fsp3) is 0.294. The number of halogens is 7. The lowest BCUT2D eigenvalue weighted by molar-refractivity contribution is -0.154. The fourth-order valence-electron chi connectivity index (χ4n) is 2.21. The molecule has 0 N–H and O–H groups in total. The first-order chi connectivity index (χ1) is 13.0. The minimum atomic E-state index is -4.69. The zero-order valence-corrected chi connectivity index (χ0v) is 14.6. The molecule has 152 valence electrons. The van der Waals surface area contributed by atoms with Gasteiger partial charge in [-0.2, -0.15) is 26.3 Å². The van der Waals surface area contributed by atoms with Gasteiger partial charge in [0, 0.05) is 23.5 Å². The predicted octanol–water partition coefficient (Wildman–Crippen LogP) is 5.52. The molecule has 0 saturated heterocycles. The van der Waals surface area contributed by atoms with Gasteiger partial charge in [0.15, 0.2) is 12.4 Å². The van der Waals surface area contributed by atoms with Gasteiger partial charge in [-0.25, -0.2) is 14.4 Å². The van der Waals surface area contributed by atoms with Gasteiger partial charge in [-0.15, -0.1) is 0 Å². The molecule has 0 unspecified atom stereocenters. The molecule has 0 saturated carbocycles. The summed E-state index contributed by atoms with van der Waals surface area (Å²) in [5.74, 6) is -3.19. The first-order valence-electron chi connectivity index (χ1n) is 7.94. The Morgan fingerprint density at radius 3 is 2.21 bits per heavy atom. The molecule has 0 spiro atoms. The minimum Gasteiger partial charge on any atom is -0.466 e. The summed E-state index contributed by atoms with van der Waals surface area (Å²) in [5, 5.41) is 0. The largest absolute Gasteiger partial charge is 0.466 e. The monoisotopic (exact) mass is 409 g/mol. The molecule has 0 radical (unpaired) electrons. The topological polar surface area (TPSA) is 39.4 Å². The van der Waals surface area contributed by atoms with Crippen molar-refractivity contribution in [1.82, 2.24) is 14.4 Å². The molecule has 3 rings (SSSR count). The number of nitrogens with zero attached hydrogens (tertiary/aromatic N) is 3. The van der Waals surface area contributed by atoms with Crippen molar-refractivity contribution in [3.63, 3.8) is 0 Å². The van der Waals surface area contributed by atoms with Crippen molar-refractivity contribution in [2.45, 2.75) is 26.2 Å². The highest BCUT2D eigenvalue weighted by Gasteiger charge is 2.36. The Bertz CT molecular complexity index is 948.